The van der Waals surface area contributed by atoms with Gasteiger partial charge in [-0.1, -0.05) is 11.6 Å². The molecule has 0 bridgehead atoms. The second-order valence-electron chi connectivity index (χ2n) is 6.66. The molecule has 0 saturated carbocycles. The number of allylic oxidation sites excluding steroid dienone is 1. The van der Waals surface area contributed by atoms with Gasteiger partial charge in [-0.05, 0) is 26.7 Å². The molecule has 144 valence electrons. The summed E-state index contributed by atoms with van der Waals surface area (Å²) in [5.41, 5.74) is 7.61. The van der Waals surface area contributed by atoms with E-state index in [1.54, 1.807) is 6.20 Å². The minimum Gasteiger partial charge on any atom is -0.381 e. The van der Waals surface area contributed by atoms with Gasteiger partial charge in [-0.2, -0.15) is 10.1 Å². The lowest BCUT2D eigenvalue weighted by Crippen LogP contribution is -2.19. The summed E-state index contributed by atoms with van der Waals surface area (Å²) in [6.07, 6.45) is 8.98. The maximum atomic E-state index is 11.6. The first-order valence-corrected chi connectivity index (χ1v) is 8.96. The highest BCUT2D eigenvalue weighted by atomic mass is 16.5. The second-order valence-corrected chi connectivity index (χ2v) is 6.66. The number of carbonyl (C=O) groups excluding carboxylic acids is 1. The van der Waals surface area contributed by atoms with E-state index in [0.717, 1.165) is 37.3 Å². The molecule has 2 aromatic rings. The summed E-state index contributed by atoms with van der Waals surface area (Å²) < 4.78 is 7.33. The standard InChI is InChI=1S/C18H25N7O2/c1-12(2)3-6-20-17-15(16(19)26)10-21-18(24-17)23-13-9-22-25(11-13)14-4-7-27-8-5-14/h3,9-11,14H,4-8H2,1-2H3,(H2,19,26)(H2,20,21,23,24). The summed E-state index contributed by atoms with van der Waals surface area (Å²) in [5, 5.41) is 10.6. The van der Waals surface area contributed by atoms with Gasteiger partial charge < -0.3 is 21.1 Å². The van der Waals surface area contributed by atoms with Gasteiger partial charge in [-0.25, -0.2) is 4.98 Å². The van der Waals surface area contributed by atoms with Gasteiger partial charge in [-0.15, -0.1) is 0 Å². The van der Waals surface area contributed by atoms with Crippen LogP contribution in [0.5, 0.6) is 0 Å². The van der Waals surface area contributed by atoms with Crippen molar-refractivity contribution in [2.24, 2.45) is 5.73 Å². The van der Waals surface area contributed by atoms with Gasteiger partial charge in [0.25, 0.3) is 5.91 Å². The number of nitrogens with zero attached hydrogens (tertiary/aromatic N) is 4. The smallest absolute Gasteiger partial charge is 0.254 e. The van der Waals surface area contributed by atoms with Gasteiger partial charge in [-0.3, -0.25) is 9.48 Å². The number of primary amides is 1. The third-order valence-corrected chi connectivity index (χ3v) is 4.26. The van der Waals surface area contributed by atoms with Gasteiger partial charge in [0.1, 0.15) is 5.82 Å². The van der Waals surface area contributed by atoms with Crippen LogP contribution in [0.4, 0.5) is 17.5 Å². The predicted molar refractivity (Wildman–Crippen MR) is 103 cm³/mol. The first-order chi connectivity index (χ1) is 13.0. The number of carbonyl (C=O) groups is 1. The third kappa shape index (κ3) is 5.04. The number of amides is 1. The van der Waals surface area contributed by atoms with E-state index in [2.05, 4.69) is 25.7 Å². The summed E-state index contributed by atoms with van der Waals surface area (Å²) in [6.45, 7) is 6.05. The van der Waals surface area contributed by atoms with E-state index >= 15 is 0 Å². The van der Waals surface area contributed by atoms with Gasteiger partial charge >= 0.3 is 0 Å². The number of hydrogen-bond acceptors (Lipinski definition) is 7. The van der Waals surface area contributed by atoms with Crippen molar-refractivity contribution in [1.29, 1.82) is 0 Å². The highest BCUT2D eigenvalue weighted by Gasteiger charge is 2.17. The van der Waals surface area contributed by atoms with Crippen molar-refractivity contribution in [3.63, 3.8) is 0 Å². The monoisotopic (exact) mass is 371 g/mol. The minimum absolute atomic E-state index is 0.251. The van der Waals surface area contributed by atoms with E-state index in [4.69, 9.17) is 10.5 Å². The largest absolute Gasteiger partial charge is 0.381 e. The molecule has 0 radical (unpaired) electrons. The molecule has 1 fully saturated rings. The van der Waals surface area contributed by atoms with Crippen molar-refractivity contribution in [3.8, 4) is 0 Å². The third-order valence-electron chi connectivity index (χ3n) is 4.26. The molecular formula is C18H25N7O2. The highest BCUT2D eigenvalue weighted by molar-refractivity contribution is 5.97. The van der Waals surface area contributed by atoms with Gasteiger partial charge in [0, 0.05) is 32.2 Å². The van der Waals surface area contributed by atoms with Gasteiger partial charge in [0.15, 0.2) is 0 Å². The van der Waals surface area contributed by atoms with Crippen LogP contribution in [0.1, 0.15) is 43.1 Å². The summed E-state index contributed by atoms with van der Waals surface area (Å²) in [4.78, 5) is 20.2. The Morgan fingerprint density at radius 2 is 2.15 bits per heavy atom. The van der Waals surface area contributed by atoms with E-state index in [-0.39, 0.29) is 5.56 Å². The zero-order valence-electron chi connectivity index (χ0n) is 15.6. The lowest BCUT2D eigenvalue weighted by molar-refractivity contribution is 0.0662. The van der Waals surface area contributed by atoms with Crippen LogP contribution < -0.4 is 16.4 Å². The maximum Gasteiger partial charge on any atom is 0.254 e. The first kappa shape index (κ1) is 18.8. The summed E-state index contributed by atoms with van der Waals surface area (Å²) in [7, 11) is 0. The van der Waals surface area contributed by atoms with Crippen LogP contribution in [0.2, 0.25) is 0 Å². The Morgan fingerprint density at radius 1 is 1.37 bits per heavy atom. The Kier molecular flexibility index (Phi) is 6.02. The summed E-state index contributed by atoms with van der Waals surface area (Å²) in [5.74, 6) is 0.189. The minimum atomic E-state index is -0.575. The zero-order valence-corrected chi connectivity index (χ0v) is 15.6. The zero-order chi connectivity index (χ0) is 19.2. The topological polar surface area (TPSA) is 120 Å². The molecule has 3 heterocycles. The van der Waals surface area contributed by atoms with Crippen LogP contribution in [0.15, 0.2) is 30.2 Å². The van der Waals surface area contributed by atoms with Gasteiger partial charge in [0.2, 0.25) is 5.95 Å². The van der Waals surface area contributed by atoms with Crippen molar-refractivity contribution in [1.82, 2.24) is 19.7 Å². The Bertz CT molecular complexity index is 821. The number of anilines is 3. The molecule has 27 heavy (non-hydrogen) atoms. The lowest BCUT2D eigenvalue weighted by Gasteiger charge is -2.22. The van der Waals surface area contributed by atoms with E-state index in [1.165, 1.54) is 6.20 Å². The molecule has 9 nitrogen and oxygen atoms in total. The first-order valence-electron chi connectivity index (χ1n) is 8.96. The number of hydrogen-bond donors (Lipinski definition) is 3. The Morgan fingerprint density at radius 3 is 2.85 bits per heavy atom. The number of nitrogens with two attached hydrogens (primary N) is 1. The Balaban J connectivity index is 1.73. The van der Waals surface area contributed by atoms with Crippen LogP contribution in [0.3, 0.4) is 0 Å². The number of ether oxygens (including phenoxy) is 1. The predicted octanol–water partition coefficient (Wildman–Crippen LogP) is 2.25. The van der Waals surface area contributed by atoms with Crippen LogP contribution in [0, 0.1) is 0 Å². The van der Waals surface area contributed by atoms with Crippen molar-refractivity contribution in [2.75, 3.05) is 30.4 Å². The Labute approximate surface area is 158 Å². The second kappa shape index (κ2) is 8.63. The molecule has 3 rings (SSSR count). The van der Waals surface area contributed by atoms with Crippen LogP contribution in [-0.2, 0) is 4.74 Å². The molecule has 0 aromatic carbocycles. The molecule has 2 aromatic heterocycles. The van der Waals surface area contributed by atoms with Crippen molar-refractivity contribution in [2.45, 2.75) is 32.7 Å². The molecule has 0 aliphatic carbocycles. The van der Waals surface area contributed by atoms with Crippen molar-refractivity contribution >= 4 is 23.4 Å². The average molecular weight is 371 g/mol. The molecule has 1 saturated heterocycles. The van der Waals surface area contributed by atoms with E-state index in [9.17, 15) is 4.79 Å². The van der Waals surface area contributed by atoms with Gasteiger partial charge in [0.05, 0.1) is 23.5 Å². The molecule has 1 aliphatic rings. The molecular weight excluding hydrogens is 346 g/mol. The summed E-state index contributed by atoms with van der Waals surface area (Å²) in [6, 6.07) is 0.341. The van der Waals surface area contributed by atoms with Crippen molar-refractivity contribution < 1.29 is 9.53 Å². The molecule has 0 atom stereocenters. The molecule has 9 heteroatoms. The normalized spacial score (nSPS) is 14.6. The number of rotatable bonds is 7. The van der Waals surface area contributed by atoms with E-state index < -0.39 is 5.91 Å². The number of nitrogens with one attached hydrogen (secondary N) is 2. The fourth-order valence-electron chi connectivity index (χ4n) is 2.79. The van der Waals surface area contributed by atoms with E-state index in [0.29, 0.717) is 24.4 Å². The fourth-order valence-corrected chi connectivity index (χ4v) is 2.79. The SMILES string of the molecule is CC(C)=CCNc1nc(Nc2cnn(C3CCOCC3)c2)ncc1C(N)=O. The Hall–Kier alpha value is -2.94. The molecule has 1 amide bonds. The van der Waals surface area contributed by atoms with Crippen LogP contribution in [0.25, 0.3) is 0 Å². The lowest BCUT2D eigenvalue weighted by atomic mass is 10.1. The average Bonchev–Trinajstić information content (AvgIpc) is 3.10. The quantitative estimate of drug-likeness (QED) is 0.638. The molecule has 0 spiro atoms. The molecule has 4 N–H and O–H groups in total. The van der Waals surface area contributed by atoms with E-state index in [1.807, 2.05) is 30.8 Å². The number of aromatic nitrogens is 4. The fraction of sp³-hybridized carbons (Fsp3) is 0.444. The summed E-state index contributed by atoms with van der Waals surface area (Å²) >= 11 is 0. The molecule has 0 unspecified atom stereocenters. The van der Waals surface area contributed by atoms with Crippen molar-refractivity contribution in [3.05, 3.63) is 35.8 Å². The highest BCUT2D eigenvalue weighted by Crippen LogP contribution is 2.23. The van der Waals surface area contributed by atoms with Crippen LogP contribution in [-0.4, -0.2) is 45.4 Å². The maximum absolute atomic E-state index is 11.6. The van der Waals surface area contributed by atoms with Crippen LogP contribution >= 0.6 is 0 Å². The molecule has 1 aliphatic heterocycles.